The highest BCUT2D eigenvalue weighted by molar-refractivity contribution is 5.66. The topological polar surface area (TPSA) is 44.8 Å². The zero-order valence-corrected chi connectivity index (χ0v) is 16.3. The fourth-order valence-electron chi connectivity index (χ4n) is 4.46. The predicted octanol–water partition coefficient (Wildman–Crippen LogP) is 5.05. The number of hydrogen-bond donors (Lipinski definition) is 0. The van der Waals surface area contributed by atoms with Gasteiger partial charge in [0.2, 0.25) is 0 Å². The molecule has 2 aromatic rings. The number of ether oxygens (including phenoxy) is 1. The Hall–Kier alpha value is -2.43. The summed E-state index contributed by atoms with van der Waals surface area (Å²) in [6.07, 6.45) is 6.36. The van der Waals surface area contributed by atoms with Crippen LogP contribution in [0, 0.1) is 5.92 Å². The van der Waals surface area contributed by atoms with Crippen molar-refractivity contribution in [2.75, 3.05) is 0 Å². The van der Waals surface area contributed by atoms with Gasteiger partial charge in [-0.1, -0.05) is 66.7 Å². The Morgan fingerprint density at radius 1 is 1.11 bits per heavy atom. The molecule has 28 heavy (non-hydrogen) atoms. The average molecular weight is 378 g/mol. The molecular formula is C24H26O4. The van der Waals surface area contributed by atoms with Crippen molar-refractivity contribution in [1.29, 1.82) is 0 Å². The largest absolute Gasteiger partial charge is 0.457 e. The standard InChI is InChI=1S/C24H26O4/c1-18(25)26-23(2)15-14-21-17-22(23)27-28-24(21,20-11-7-4-8-12-20)16-13-19-9-5-3-6-10-19/h3-13,16,21-22H,14-15,17H2,1-2H3/b16-13+/t21-,22-,23-,24+/m1/s1. The molecule has 1 heterocycles. The Morgan fingerprint density at radius 2 is 1.79 bits per heavy atom. The Labute approximate surface area is 166 Å². The quantitative estimate of drug-likeness (QED) is 0.552. The van der Waals surface area contributed by atoms with Crippen LogP contribution >= 0.6 is 0 Å². The summed E-state index contributed by atoms with van der Waals surface area (Å²) in [6, 6.07) is 20.4. The smallest absolute Gasteiger partial charge is 0.303 e. The van der Waals surface area contributed by atoms with E-state index in [0.29, 0.717) is 0 Å². The molecule has 0 radical (unpaired) electrons. The highest BCUT2D eigenvalue weighted by atomic mass is 17.2. The molecule has 1 aliphatic carbocycles. The summed E-state index contributed by atoms with van der Waals surface area (Å²) < 4.78 is 5.61. The maximum atomic E-state index is 11.6. The zero-order chi connectivity index (χ0) is 19.6. The first-order valence-electron chi connectivity index (χ1n) is 9.86. The van der Waals surface area contributed by atoms with E-state index in [1.54, 1.807) is 0 Å². The highest BCUT2D eigenvalue weighted by Crippen LogP contribution is 2.51. The molecule has 4 atom stereocenters. The van der Waals surface area contributed by atoms with E-state index in [4.69, 9.17) is 14.5 Å². The zero-order valence-electron chi connectivity index (χ0n) is 16.3. The number of benzene rings is 2. The normalized spacial score (nSPS) is 32.2. The molecule has 0 amide bonds. The van der Waals surface area contributed by atoms with Crippen molar-refractivity contribution in [1.82, 2.24) is 0 Å². The lowest BCUT2D eigenvalue weighted by Gasteiger charge is -2.52. The average Bonchev–Trinajstić information content (AvgIpc) is 2.71. The maximum absolute atomic E-state index is 11.6. The first kappa shape index (κ1) is 18.9. The molecule has 1 saturated heterocycles. The molecule has 0 spiro atoms. The van der Waals surface area contributed by atoms with Crippen molar-refractivity contribution in [2.45, 2.75) is 50.4 Å². The number of carbonyl (C=O) groups is 1. The maximum Gasteiger partial charge on any atom is 0.303 e. The second-order valence-corrected chi connectivity index (χ2v) is 7.95. The number of rotatable bonds is 4. The van der Waals surface area contributed by atoms with Gasteiger partial charge in [0.1, 0.15) is 17.3 Å². The molecule has 2 bridgehead atoms. The first-order chi connectivity index (χ1) is 13.5. The van der Waals surface area contributed by atoms with Crippen LogP contribution in [0.4, 0.5) is 0 Å². The summed E-state index contributed by atoms with van der Waals surface area (Å²) in [5.74, 6) is -0.0503. The van der Waals surface area contributed by atoms with Crippen molar-refractivity contribution in [3.63, 3.8) is 0 Å². The Kier molecular flexibility index (Phi) is 5.09. The Morgan fingerprint density at radius 3 is 2.46 bits per heavy atom. The lowest BCUT2D eigenvalue weighted by molar-refractivity contribution is -0.443. The molecule has 2 aliphatic rings. The molecule has 1 saturated carbocycles. The fraction of sp³-hybridized carbons (Fsp3) is 0.375. The van der Waals surface area contributed by atoms with Gasteiger partial charge in [-0.15, -0.1) is 0 Å². The van der Waals surface area contributed by atoms with Gasteiger partial charge in [0.25, 0.3) is 0 Å². The fourth-order valence-corrected chi connectivity index (χ4v) is 4.46. The minimum absolute atomic E-state index is 0.234. The minimum Gasteiger partial charge on any atom is -0.457 e. The molecule has 2 aromatic carbocycles. The van der Waals surface area contributed by atoms with E-state index in [0.717, 1.165) is 30.4 Å². The van der Waals surface area contributed by atoms with Gasteiger partial charge in [-0.3, -0.25) is 4.79 Å². The Bertz CT molecular complexity index is 847. The third-order valence-corrected chi connectivity index (χ3v) is 6.00. The number of fused-ring (bicyclic) bond motifs is 2. The van der Waals surface area contributed by atoms with Gasteiger partial charge in [0.15, 0.2) is 0 Å². The summed E-state index contributed by atoms with van der Waals surface area (Å²) in [5.41, 5.74) is 0.880. The van der Waals surface area contributed by atoms with Crippen molar-refractivity contribution >= 4 is 12.0 Å². The van der Waals surface area contributed by atoms with Crippen molar-refractivity contribution in [3.8, 4) is 0 Å². The van der Waals surface area contributed by atoms with Crippen LogP contribution < -0.4 is 0 Å². The van der Waals surface area contributed by atoms with Gasteiger partial charge >= 0.3 is 5.97 Å². The van der Waals surface area contributed by atoms with Gasteiger partial charge < -0.3 is 4.74 Å². The van der Waals surface area contributed by atoms with Gasteiger partial charge in [0, 0.05) is 12.8 Å². The highest BCUT2D eigenvalue weighted by Gasteiger charge is 2.55. The van der Waals surface area contributed by atoms with Crippen molar-refractivity contribution < 1.29 is 19.3 Å². The van der Waals surface area contributed by atoms with E-state index in [-0.39, 0.29) is 18.0 Å². The molecular weight excluding hydrogens is 352 g/mol. The molecule has 146 valence electrons. The molecule has 0 N–H and O–H groups in total. The summed E-state index contributed by atoms with van der Waals surface area (Å²) in [4.78, 5) is 23.6. The van der Waals surface area contributed by atoms with E-state index >= 15 is 0 Å². The minimum atomic E-state index is -0.662. The van der Waals surface area contributed by atoms with Crippen LogP contribution in [0.5, 0.6) is 0 Å². The molecule has 0 unspecified atom stereocenters. The van der Waals surface area contributed by atoms with Gasteiger partial charge in [0.05, 0.1) is 0 Å². The predicted molar refractivity (Wildman–Crippen MR) is 107 cm³/mol. The van der Waals surface area contributed by atoms with Crippen molar-refractivity contribution in [3.05, 3.63) is 77.9 Å². The van der Waals surface area contributed by atoms with Crippen LogP contribution in [0.15, 0.2) is 66.7 Å². The third-order valence-electron chi connectivity index (χ3n) is 6.00. The van der Waals surface area contributed by atoms with Crippen molar-refractivity contribution in [2.24, 2.45) is 5.92 Å². The number of hydrogen-bond acceptors (Lipinski definition) is 4. The SMILES string of the molecule is CC(=O)O[C@]1(C)CC[C@@H]2C[C@H]1OO[C@@]2(/C=C/c1ccccc1)c1ccccc1. The second kappa shape index (κ2) is 7.53. The third kappa shape index (κ3) is 3.50. The molecule has 0 aromatic heterocycles. The van der Waals surface area contributed by atoms with Crippen LogP contribution in [-0.4, -0.2) is 17.7 Å². The van der Waals surface area contributed by atoms with Crippen LogP contribution in [0.2, 0.25) is 0 Å². The Balaban J connectivity index is 1.67. The summed E-state index contributed by atoms with van der Waals surface area (Å²) in [5, 5.41) is 0. The van der Waals surface area contributed by atoms with Gasteiger partial charge in [-0.25, -0.2) is 9.78 Å². The number of esters is 1. The van der Waals surface area contributed by atoms with E-state index in [2.05, 4.69) is 36.4 Å². The molecule has 4 nitrogen and oxygen atoms in total. The molecule has 4 heteroatoms. The van der Waals surface area contributed by atoms with E-state index in [9.17, 15) is 4.79 Å². The molecule has 4 rings (SSSR count). The monoisotopic (exact) mass is 378 g/mol. The summed E-state index contributed by atoms with van der Waals surface area (Å²) in [6.45, 7) is 3.38. The van der Waals surface area contributed by atoms with Crippen LogP contribution in [0.1, 0.15) is 44.2 Å². The van der Waals surface area contributed by atoms with E-state index in [1.165, 1.54) is 6.92 Å². The number of carbonyl (C=O) groups excluding carboxylic acids is 1. The lowest BCUT2D eigenvalue weighted by Crippen LogP contribution is -2.57. The second-order valence-electron chi connectivity index (χ2n) is 7.95. The lowest BCUT2D eigenvalue weighted by atomic mass is 9.67. The van der Waals surface area contributed by atoms with E-state index in [1.807, 2.05) is 43.3 Å². The van der Waals surface area contributed by atoms with Gasteiger partial charge in [-0.2, -0.15) is 0 Å². The molecule has 1 aliphatic heterocycles. The van der Waals surface area contributed by atoms with Crippen LogP contribution in [0.25, 0.3) is 6.08 Å². The van der Waals surface area contributed by atoms with Crippen LogP contribution in [0.3, 0.4) is 0 Å². The first-order valence-corrected chi connectivity index (χ1v) is 9.86. The summed E-state index contributed by atoms with van der Waals surface area (Å²) >= 11 is 0. The van der Waals surface area contributed by atoms with Crippen LogP contribution in [-0.2, 0) is 24.9 Å². The van der Waals surface area contributed by atoms with Gasteiger partial charge in [-0.05, 0) is 43.4 Å². The summed E-state index contributed by atoms with van der Waals surface area (Å²) in [7, 11) is 0. The van der Waals surface area contributed by atoms with E-state index < -0.39 is 11.2 Å². The molecule has 2 fully saturated rings.